The maximum atomic E-state index is 13.5. The summed E-state index contributed by atoms with van der Waals surface area (Å²) in [5.41, 5.74) is 5.21. The van der Waals surface area contributed by atoms with Gasteiger partial charge in [0.15, 0.2) is 0 Å². The van der Waals surface area contributed by atoms with Crippen LogP contribution in [0.5, 0.6) is 0 Å². The normalized spacial score (nSPS) is 17.2. The number of hydrogen-bond acceptors (Lipinski definition) is 5. The second-order valence-corrected chi connectivity index (χ2v) is 9.18. The molecule has 1 amide bonds. The molecule has 7 nitrogen and oxygen atoms in total. The highest BCUT2D eigenvalue weighted by molar-refractivity contribution is 6.51. The molecule has 182 valence electrons. The number of benzene rings is 3. The second-order valence-electron chi connectivity index (χ2n) is 9.18. The number of ketones is 1. The summed E-state index contributed by atoms with van der Waals surface area (Å²) in [7, 11) is 3.82. The van der Waals surface area contributed by atoms with Crippen LogP contribution in [0.25, 0.3) is 16.8 Å². The number of imidazole rings is 1. The molecule has 4 aromatic rings. The number of Topliss-reactive ketones (excluding diaryl/α,β-unsaturated/α-hetero) is 1. The largest absolute Gasteiger partial charge is 0.507 e. The minimum absolute atomic E-state index is 0.0861. The van der Waals surface area contributed by atoms with Gasteiger partial charge < -0.3 is 15.0 Å². The van der Waals surface area contributed by atoms with Gasteiger partial charge in [0.25, 0.3) is 5.78 Å². The standard InChI is InChI=1S/C28H25FN4O3/c1-15-13-21-22(14-16(15)2)31-28(30-21)33-24(17-7-11-20(12-8-17)32(3)4)23(26(35)27(33)36)25(34)18-5-9-19(29)10-6-18/h5-14,24,34H,1-4H3,(H,30,31)/b25-23+. The Morgan fingerprint density at radius 2 is 1.64 bits per heavy atom. The van der Waals surface area contributed by atoms with Gasteiger partial charge in [-0.3, -0.25) is 14.5 Å². The van der Waals surface area contributed by atoms with Crippen LogP contribution in [-0.2, 0) is 9.59 Å². The van der Waals surface area contributed by atoms with E-state index in [1.165, 1.54) is 29.2 Å². The molecule has 1 aliphatic rings. The van der Waals surface area contributed by atoms with Crippen LogP contribution in [0.15, 0.2) is 66.2 Å². The maximum absolute atomic E-state index is 13.5. The van der Waals surface area contributed by atoms with Crippen molar-refractivity contribution in [2.45, 2.75) is 19.9 Å². The molecule has 1 unspecified atom stereocenters. The van der Waals surface area contributed by atoms with E-state index in [4.69, 9.17) is 0 Å². The lowest BCUT2D eigenvalue weighted by molar-refractivity contribution is -0.132. The average molecular weight is 485 g/mol. The van der Waals surface area contributed by atoms with Crippen LogP contribution in [0.2, 0.25) is 0 Å². The zero-order chi connectivity index (χ0) is 25.7. The summed E-state index contributed by atoms with van der Waals surface area (Å²) in [4.78, 5) is 37.7. The molecule has 1 atom stereocenters. The van der Waals surface area contributed by atoms with E-state index in [0.717, 1.165) is 22.3 Å². The zero-order valence-electron chi connectivity index (χ0n) is 20.3. The van der Waals surface area contributed by atoms with Crippen molar-refractivity contribution in [3.63, 3.8) is 0 Å². The minimum atomic E-state index is -0.936. The summed E-state index contributed by atoms with van der Waals surface area (Å²) in [6.07, 6.45) is 0. The van der Waals surface area contributed by atoms with Crippen LogP contribution >= 0.6 is 0 Å². The summed E-state index contributed by atoms with van der Waals surface area (Å²) in [5, 5.41) is 11.2. The molecular formula is C28H25FN4O3. The van der Waals surface area contributed by atoms with Gasteiger partial charge in [-0.1, -0.05) is 12.1 Å². The predicted molar refractivity (Wildman–Crippen MR) is 138 cm³/mol. The smallest absolute Gasteiger partial charge is 0.302 e. The number of nitrogens with zero attached hydrogens (tertiary/aromatic N) is 3. The number of hydrogen-bond donors (Lipinski definition) is 2. The summed E-state index contributed by atoms with van der Waals surface area (Å²) in [5.74, 6) is -2.30. The molecule has 8 heteroatoms. The number of carbonyl (C=O) groups is 2. The molecule has 36 heavy (non-hydrogen) atoms. The molecule has 1 fully saturated rings. The van der Waals surface area contributed by atoms with Crippen molar-refractivity contribution in [3.8, 4) is 0 Å². The van der Waals surface area contributed by atoms with Crippen LogP contribution in [0, 0.1) is 19.7 Å². The number of fused-ring (bicyclic) bond motifs is 1. The Morgan fingerprint density at radius 1 is 1.00 bits per heavy atom. The van der Waals surface area contributed by atoms with Crippen LogP contribution in [0.3, 0.4) is 0 Å². The molecule has 0 spiro atoms. The number of H-pyrrole nitrogens is 1. The van der Waals surface area contributed by atoms with Gasteiger partial charge in [-0.05, 0) is 79.1 Å². The Kier molecular flexibility index (Phi) is 5.59. The van der Waals surface area contributed by atoms with E-state index in [0.29, 0.717) is 11.1 Å². The molecule has 1 aromatic heterocycles. The minimum Gasteiger partial charge on any atom is -0.507 e. The van der Waals surface area contributed by atoms with Crippen molar-refractivity contribution >= 4 is 40.1 Å². The molecule has 0 radical (unpaired) electrons. The van der Waals surface area contributed by atoms with Gasteiger partial charge in [-0.25, -0.2) is 9.37 Å². The number of aryl methyl sites for hydroxylation is 2. The van der Waals surface area contributed by atoms with Gasteiger partial charge in [0, 0.05) is 25.3 Å². The van der Waals surface area contributed by atoms with E-state index in [-0.39, 0.29) is 22.8 Å². The number of aliphatic hydroxyl groups is 1. The van der Waals surface area contributed by atoms with Crippen molar-refractivity contribution < 1.29 is 19.1 Å². The number of anilines is 2. The molecule has 1 aliphatic heterocycles. The lowest BCUT2D eigenvalue weighted by Crippen LogP contribution is -2.30. The van der Waals surface area contributed by atoms with E-state index in [9.17, 15) is 19.1 Å². The highest BCUT2D eigenvalue weighted by atomic mass is 19.1. The van der Waals surface area contributed by atoms with Gasteiger partial charge in [0.05, 0.1) is 22.6 Å². The Hall–Kier alpha value is -4.46. The van der Waals surface area contributed by atoms with Gasteiger partial charge in [-0.2, -0.15) is 0 Å². The summed E-state index contributed by atoms with van der Waals surface area (Å²) in [6.45, 7) is 3.96. The maximum Gasteiger partial charge on any atom is 0.302 e. The number of halogens is 1. The monoisotopic (exact) mass is 484 g/mol. The van der Waals surface area contributed by atoms with E-state index >= 15 is 0 Å². The molecule has 0 bridgehead atoms. The third kappa shape index (κ3) is 3.80. The first-order valence-corrected chi connectivity index (χ1v) is 11.5. The van der Waals surface area contributed by atoms with Crippen molar-refractivity contribution in [2.24, 2.45) is 0 Å². The first-order valence-electron chi connectivity index (χ1n) is 11.5. The first-order chi connectivity index (χ1) is 17.2. The lowest BCUT2D eigenvalue weighted by Gasteiger charge is -2.23. The highest BCUT2D eigenvalue weighted by Gasteiger charge is 2.48. The Balaban J connectivity index is 1.72. The molecule has 1 saturated heterocycles. The molecule has 3 aromatic carbocycles. The Bertz CT molecular complexity index is 1500. The van der Waals surface area contributed by atoms with E-state index in [2.05, 4.69) is 9.97 Å². The van der Waals surface area contributed by atoms with E-state index in [1.807, 2.05) is 69.2 Å². The van der Waals surface area contributed by atoms with Gasteiger partial charge in [-0.15, -0.1) is 0 Å². The first kappa shape index (κ1) is 23.3. The number of aromatic amines is 1. The number of aromatic nitrogens is 2. The summed E-state index contributed by atoms with van der Waals surface area (Å²) < 4.78 is 13.5. The fourth-order valence-corrected chi connectivity index (χ4v) is 4.45. The van der Waals surface area contributed by atoms with Gasteiger partial charge in [0.1, 0.15) is 11.6 Å². The summed E-state index contributed by atoms with van der Waals surface area (Å²) in [6, 6.07) is 15.4. The molecule has 2 heterocycles. The van der Waals surface area contributed by atoms with Crippen molar-refractivity contribution in [1.82, 2.24) is 9.97 Å². The molecular weight excluding hydrogens is 459 g/mol. The fourth-order valence-electron chi connectivity index (χ4n) is 4.45. The number of carbonyl (C=O) groups excluding carboxylic acids is 2. The van der Waals surface area contributed by atoms with Crippen LogP contribution in [0.4, 0.5) is 16.0 Å². The predicted octanol–water partition coefficient (Wildman–Crippen LogP) is 5.01. The quantitative estimate of drug-likeness (QED) is 0.241. The SMILES string of the molecule is Cc1cc2nc(N3C(=O)C(=O)/C(=C(/O)c4ccc(F)cc4)C3c3ccc(N(C)C)cc3)[nH]c2cc1C. The number of aliphatic hydroxyl groups excluding tert-OH is 1. The van der Waals surface area contributed by atoms with E-state index in [1.54, 1.807) is 0 Å². The van der Waals surface area contributed by atoms with E-state index < -0.39 is 23.5 Å². The fraction of sp³-hybridized carbons (Fsp3) is 0.179. The van der Waals surface area contributed by atoms with Crippen LogP contribution < -0.4 is 9.80 Å². The average Bonchev–Trinajstić information content (AvgIpc) is 3.37. The summed E-state index contributed by atoms with van der Waals surface area (Å²) >= 11 is 0. The molecule has 0 saturated carbocycles. The van der Waals surface area contributed by atoms with Crippen molar-refractivity contribution in [2.75, 3.05) is 23.9 Å². The topological polar surface area (TPSA) is 89.5 Å². The van der Waals surface area contributed by atoms with Crippen molar-refractivity contribution in [3.05, 3.63) is 94.3 Å². The number of nitrogens with one attached hydrogen (secondary N) is 1. The van der Waals surface area contributed by atoms with Gasteiger partial charge >= 0.3 is 5.91 Å². The Morgan fingerprint density at radius 3 is 2.28 bits per heavy atom. The van der Waals surface area contributed by atoms with Crippen LogP contribution in [-0.4, -0.2) is 40.9 Å². The van der Waals surface area contributed by atoms with Crippen LogP contribution in [0.1, 0.15) is 28.3 Å². The Labute approximate surface area is 207 Å². The third-order valence-corrected chi connectivity index (χ3v) is 6.60. The number of amides is 1. The van der Waals surface area contributed by atoms with Gasteiger partial charge in [0.2, 0.25) is 5.95 Å². The molecule has 2 N–H and O–H groups in total. The zero-order valence-corrected chi connectivity index (χ0v) is 20.3. The molecule has 5 rings (SSSR count). The number of rotatable bonds is 4. The van der Waals surface area contributed by atoms with Crippen molar-refractivity contribution in [1.29, 1.82) is 0 Å². The molecule has 0 aliphatic carbocycles. The highest BCUT2D eigenvalue weighted by Crippen LogP contribution is 2.42. The second kappa shape index (κ2) is 8.64. The third-order valence-electron chi connectivity index (χ3n) is 6.60. The lowest BCUT2D eigenvalue weighted by atomic mass is 9.95.